The third-order valence-electron chi connectivity index (χ3n) is 1.30. The van der Waals surface area contributed by atoms with Crippen LogP contribution >= 0.6 is 11.9 Å². The van der Waals surface area contributed by atoms with Crippen molar-refractivity contribution in [3.05, 3.63) is 35.0 Å². The zero-order chi connectivity index (χ0) is 9.19. The van der Waals surface area contributed by atoms with Gasteiger partial charge in [-0.25, -0.2) is 0 Å². The van der Waals surface area contributed by atoms with Crippen LogP contribution in [0.5, 0.6) is 0 Å². The molecule has 5 heteroatoms. The van der Waals surface area contributed by atoms with Gasteiger partial charge in [0.05, 0.1) is 5.56 Å². The predicted molar refractivity (Wildman–Crippen MR) is 41.6 cm³/mol. The normalized spacial score (nSPS) is 11.7. The number of nitrogens with one attached hydrogen (secondary N) is 1. The van der Waals surface area contributed by atoms with Gasteiger partial charge in [-0.05, 0) is 29.2 Å². The fraction of sp³-hybridized carbons (Fsp3) is 0.143. The van der Waals surface area contributed by atoms with Gasteiger partial charge < -0.3 is 5.14 Å². The molecule has 0 amide bonds. The fourth-order valence-corrected chi connectivity index (χ4v) is 0.984. The topological polar surface area (TPSA) is 23.8 Å². The molecule has 1 aromatic rings. The second-order valence-electron chi connectivity index (χ2n) is 2.12. The molecule has 0 atom stereocenters. The van der Waals surface area contributed by atoms with Crippen molar-refractivity contribution < 1.29 is 13.2 Å². The summed E-state index contributed by atoms with van der Waals surface area (Å²) in [5.74, 6) is 0. The lowest BCUT2D eigenvalue weighted by atomic mass is 10.2. The summed E-state index contributed by atoms with van der Waals surface area (Å²) >= 11 is 0.671. The summed E-state index contributed by atoms with van der Waals surface area (Å²) in [5.41, 5.74) is -0.680. The van der Waals surface area contributed by atoms with Gasteiger partial charge in [-0.15, -0.1) is 0 Å². The van der Waals surface area contributed by atoms with Crippen LogP contribution in [0.25, 0.3) is 5.14 Å². The maximum atomic E-state index is 12.0. The monoisotopic (exact) mass is 192 g/mol. The van der Waals surface area contributed by atoms with Gasteiger partial charge in [0.25, 0.3) is 0 Å². The molecule has 1 aromatic carbocycles. The van der Waals surface area contributed by atoms with E-state index in [1.54, 1.807) is 0 Å². The van der Waals surface area contributed by atoms with Crippen LogP contribution in [-0.4, -0.2) is 0 Å². The Morgan fingerprint density at radius 2 is 1.58 bits per heavy atom. The Labute approximate surface area is 71.9 Å². The molecule has 0 saturated carbocycles. The predicted octanol–water partition coefficient (Wildman–Crippen LogP) is 3.76. The SMILES string of the molecule is [NH-]Sc1ccc(C(F)(F)F)cc1. The van der Waals surface area contributed by atoms with E-state index in [4.69, 9.17) is 5.14 Å². The van der Waals surface area contributed by atoms with Crippen LogP contribution in [0.3, 0.4) is 0 Å². The molecule has 1 N–H and O–H groups in total. The second-order valence-corrected chi connectivity index (χ2v) is 2.80. The first-order chi connectivity index (χ1) is 5.54. The number of benzene rings is 1. The van der Waals surface area contributed by atoms with Crippen molar-refractivity contribution >= 4 is 11.9 Å². The molecule has 0 unspecified atom stereocenters. The smallest absolute Gasteiger partial charge is 0.416 e. The van der Waals surface area contributed by atoms with Crippen molar-refractivity contribution in [2.75, 3.05) is 0 Å². The molecule has 0 heterocycles. The molecule has 0 saturated heterocycles. The Kier molecular flexibility index (Phi) is 2.64. The molecule has 66 valence electrons. The molecule has 0 spiro atoms. The number of alkyl halides is 3. The van der Waals surface area contributed by atoms with Crippen LogP contribution in [0.15, 0.2) is 29.2 Å². The molecule has 12 heavy (non-hydrogen) atoms. The van der Waals surface area contributed by atoms with Gasteiger partial charge in [0.1, 0.15) is 0 Å². The standard InChI is InChI=1S/C7H5F3NS/c8-7(9,10)5-1-3-6(12-11)4-2-5/h1-4,11H/q-1. The molecule has 0 aliphatic rings. The lowest BCUT2D eigenvalue weighted by molar-refractivity contribution is -0.137. The quantitative estimate of drug-likeness (QED) is 0.621. The van der Waals surface area contributed by atoms with Crippen LogP contribution in [-0.2, 0) is 6.18 Å². The van der Waals surface area contributed by atoms with E-state index in [0.29, 0.717) is 16.8 Å². The van der Waals surface area contributed by atoms with Gasteiger partial charge in [-0.2, -0.15) is 13.2 Å². The van der Waals surface area contributed by atoms with Crippen LogP contribution in [0.2, 0.25) is 0 Å². The minimum Gasteiger partial charge on any atom is -0.617 e. The zero-order valence-corrected chi connectivity index (χ0v) is 6.67. The van der Waals surface area contributed by atoms with E-state index in [1.165, 1.54) is 12.1 Å². The van der Waals surface area contributed by atoms with E-state index in [1.807, 2.05) is 0 Å². The average molecular weight is 192 g/mol. The minimum absolute atomic E-state index is 0.503. The molecule has 0 aliphatic carbocycles. The highest BCUT2D eigenvalue weighted by atomic mass is 32.2. The number of hydrogen-bond donors (Lipinski definition) is 0. The average Bonchev–Trinajstić information content (AvgIpc) is 2.03. The first-order valence-corrected chi connectivity index (χ1v) is 3.86. The van der Waals surface area contributed by atoms with Crippen molar-refractivity contribution in [3.8, 4) is 0 Å². The number of hydrogen-bond acceptors (Lipinski definition) is 1. The van der Waals surface area contributed by atoms with Gasteiger partial charge in [0.2, 0.25) is 0 Å². The minimum atomic E-state index is -4.29. The van der Waals surface area contributed by atoms with Gasteiger partial charge in [0, 0.05) is 0 Å². The van der Waals surface area contributed by atoms with Crippen molar-refractivity contribution in [2.24, 2.45) is 0 Å². The van der Waals surface area contributed by atoms with Crippen LogP contribution in [0, 0.1) is 0 Å². The fourth-order valence-electron chi connectivity index (χ4n) is 0.712. The zero-order valence-electron chi connectivity index (χ0n) is 5.85. The highest BCUT2D eigenvalue weighted by Crippen LogP contribution is 2.30. The third-order valence-corrected chi connectivity index (χ3v) is 1.81. The van der Waals surface area contributed by atoms with E-state index in [2.05, 4.69) is 0 Å². The number of rotatable bonds is 1. The second kappa shape index (κ2) is 3.37. The molecular weight excluding hydrogens is 187 g/mol. The Hall–Kier alpha value is -0.680. The van der Waals surface area contributed by atoms with E-state index in [-0.39, 0.29) is 0 Å². The third kappa shape index (κ3) is 2.15. The van der Waals surface area contributed by atoms with Crippen LogP contribution < -0.4 is 0 Å². The van der Waals surface area contributed by atoms with E-state index < -0.39 is 11.7 Å². The molecule has 1 nitrogen and oxygen atoms in total. The molecule has 0 radical (unpaired) electrons. The first kappa shape index (κ1) is 9.41. The van der Waals surface area contributed by atoms with Gasteiger partial charge in [-0.3, -0.25) is 11.9 Å². The summed E-state index contributed by atoms with van der Waals surface area (Å²) in [7, 11) is 0. The van der Waals surface area contributed by atoms with Crippen LogP contribution in [0.4, 0.5) is 13.2 Å². The lowest BCUT2D eigenvalue weighted by Gasteiger charge is -2.07. The van der Waals surface area contributed by atoms with Gasteiger partial charge in [-0.1, -0.05) is 0 Å². The van der Waals surface area contributed by atoms with Crippen molar-refractivity contribution in [1.29, 1.82) is 0 Å². The summed E-state index contributed by atoms with van der Waals surface area (Å²) in [6.07, 6.45) is -4.29. The first-order valence-electron chi connectivity index (χ1n) is 3.05. The lowest BCUT2D eigenvalue weighted by Crippen LogP contribution is -2.03. The van der Waals surface area contributed by atoms with Crippen molar-refractivity contribution in [1.82, 2.24) is 0 Å². The van der Waals surface area contributed by atoms with Gasteiger partial charge >= 0.3 is 6.18 Å². The van der Waals surface area contributed by atoms with E-state index in [0.717, 1.165) is 12.1 Å². The summed E-state index contributed by atoms with van der Waals surface area (Å²) in [6, 6.07) is 4.49. The van der Waals surface area contributed by atoms with Crippen LogP contribution in [0.1, 0.15) is 5.56 Å². The number of halogens is 3. The highest BCUT2D eigenvalue weighted by Gasteiger charge is 2.29. The Balaban J connectivity index is 2.93. The highest BCUT2D eigenvalue weighted by molar-refractivity contribution is 8.01. The molecule has 0 aliphatic heterocycles. The summed E-state index contributed by atoms with van der Waals surface area (Å²) in [5, 5.41) is 6.81. The molecule has 1 rings (SSSR count). The molecular formula is C7H5F3NS-. The Morgan fingerprint density at radius 1 is 1.08 bits per heavy atom. The largest absolute Gasteiger partial charge is 0.617 e. The Bertz CT molecular complexity index is 254. The van der Waals surface area contributed by atoms with Gasteiger partial charge in [0.15, 0.2) is 0 Å². The summed E-state index contributed by atoms with van der Waals surface area (Å²) in [4.78, 5) is 0.503. The van der Waals surface area contributed by atoms with Crippen molar-refractivity contribution in [3.63, 3.8) is 0 Å². The molecule has 0 aromatic heterocycles. The molecule has 0 fully saturated rings. The van der Waals surface area contributed by atoms with Crippen molar-refractivity contribution in [2.45, 2.75) is 11.1 Å². The summed E-state index contributed by atoms with van der Waals surface area (Å²) in [6.45, 7) is 0. The van der Waals surface area contributed by atoms with E-state index >= 15 is 0 Å². The molecule has 0 bridgehead atoms. The maximum Gasteiger partial charge on any atom is 0.416 e. The summed E-state index contributed by atoms with van der Waals surface area (Å²) < 4.78 is 35.9. The van der Waals surface area contributed by atoms with E-state index in [9.17, 15) is 13.2 Å². The maximum absolute atomic E-state index is 12.0. The Morgan fingerprint density at radius 3 is 1.92 bits per heavy atom.